The minimum atomic E-state index is -0.341. The normalized spacial score (nSPS) is 11.9. The largest absolute Gasteiger partial charge is 0.497 e. The Bertz CT molecular complexity index is 1310. The molecule has 4 aromatic rings. The van der Waals surface area contributed by atoms with Crippen LogP contribution in [0, 0.1) is 0 Å². The molecule has 160 valence electrons. The molecule has 3 aromatic carbocycles. The Balaban J connectivity index is 1.83. The first-order valence-electron chi connectivity index (χ1n) is 10.1. The maximum Gasteiger partial charge on any atom is 0.283 e. The van der Waals surface area contributed by atoms with E-state index in [0.717, 1.165) is 26.7 Å². The van der Waals surface area contributed by atoms with Crippen molar-refractivity contribution in [2.45, 2.75) is 13.5 Å². The number of thiazole rings is 1. The highest BCUT2D eigenvalue weighted by atomic mass is 32.1. The van der Waals surface area contributed by atoms with Crippen molar-refractivity contribution in [1.82, 2.24) is 4.57 Å². The third-order valence-corrected chi connectivity index (χ3v) is 6.09. The maximum absolute atomic E-state index is 13.2. The van der Waals surface area contributed by atoms with Crippen LogP contribution in [-0.2, 0) is 11.3 Å². The first-order valence-corrected chi connectivity index (χ1v) is 10.9. The molecule has 0 unspecified atom stereocenters. The Kier molecular flexibility index (Phi) is 6.34. The highest BCUT2D eigenvalue weighted by Gasteiger charge is 2.15. The lowest BCUT2D eigenvalue weighted by Crippen LogP contribution is -2.20. The van der Waals surface area contributed by atoms with E-state index in [0.29, 0.717) is 35.9 Å². The standard InChI is InChI=1S/C24H24N2O4S/c1-4-30-12-11-26-20-10-9-18(28-2)15-22(20)31-24(26)25-23(27)19-13-16-7-5-6-8-17(16)14-21(19)29-3/h5-10,13-15H,4,11-12H2,1-3H3. The van der Waals surface area contributed by atoms with Crippen LogP contribution in [0.1, 0.15) is 17.3 Å². The number of methoxy groups -OCH3 is 2. The molecule has 1 heterocycles. The predicted molar refractivity (Wildman–Crippen MR) is 123 cm³/mol. The molecule has 0 radical (unpaired) electrons. The van der Waals surface area contributed by atoms with Gasteiger partial charge in [0.2, 0.25) is 0 Å². The number of nitrogens with zero attached hydrogens (tertiary/aromatic N) is 2. The summed E-state index contributed by atoms with van der Waals surface area (Å²) in [5.74, 6) is 0.933. The van der Waals surface area contributed by atoms with Crippen LogP contribution in [0.5, 0.6) is 11.5 Å². The Hall–Kier alpha value is -3.16. The number of carbonyl (C=O) groups excluding carboxylic acids is 1. The molecule has 0 atom stereocenters. The summed E-state index contributed by atoms with van der Waals surface area (Å²) in [5, 5.41) is 1.98. The van der Waals surface area contributed by atoms with Gasteiger partial charge >= 0.3 is 0 Å². The molecule has 0 fully saturated rings. The lowest BCUT2D eigenvalue weighted by molar-refractivity contribution is 0.0994. The molecule has 1 aromatic heterocycles. The van der Waals surface area contributed by atoms with E-state index in [1.165, 1.54) is 11.3 Å². The van der Waals surface area contributed by atoms with Crippen molar-refractivity contribution in [3.8, 4) is 11.5 Å². The summed E-state index contributed by atoms with van der Waals surface area (Å²) in [7, 11) is 3.20. The molecule has 0 aliphatic heterocycles. The predicted octanol–water partition coefficient (Wildman–Crippen LogP) is 4.65. The molecular weight excluding hydrogens is 412 g/mol. The monoisotopic (exact) mass is 436 g/mol. The third-order valence-electron chi connectivity index (χ3n) is 5.05. The van der Waals surface area contributed by atoms with E-state index in [2.05, 4.69) is 4.99 Å². The molecule has 7 heteroatoms. The Morgan fingerprint density at radius 3 is 2.52 bits per heavy atom. The van der Waals surface area contributed by atoms with Crippen molar-refractivity contribution in [2.75, 3.05) is 27.4 Å². The minimum absolute atomic E-state index is 0.341. The summed E-state index contributed by atoms with van der Waals surface area (Å²) in [4.78, 5) is 18.3. The first-order chi connectivity index (χ1) is 15.1. The summed E-state index contributed by atoms with van der Waals surface area (Å²) >= 11 is 1.45. The minimum Gasteiger partial charge on any atom is -0.497 e. The molecule has 6 nitrogen and oxygen atoms in total. The molecule has 0 aliphatic carbocycles. The highest BCUT2D eigenvalue weighted by Crippen LogP contribution is 2.27. The molecule has 1 amide bonds. The van der Waals surface area contributed by atoms with Crippen molar-refractivity contribution >= 4 is 38.2 Å². The van der Waals surface area contributed by atoms with Crippen molar-refractivity contribution < 1.29 is 19.0 Å². The summed E-state index contributed by atoms with van der Waals surface area (Å²) in [6.45, 7) is 3.73. The number of aromatic nitrogens is 1. The van der Waals surface area contributed by atoms with Gasteiger partial charge in [-0.1, -0.05) is 35.6 Å². The van der Waals surface area contributed by atoms with Gasteiger partial charge in [0.15, 0.2) is 4.80 Å². The van der Waals surface area contributed by atoms with Gasteiger partial charge in [-0.05, 0) is 48.0 Å². The molecule has 0 spiro atoms. The fourth-order valence-electron chi connectivity index (χ4n) is 3.48. The van der Waals surface area contributed by atoms with Gasteiger partial charge in [-0.15, -0.1) is 0 Å². The first kappa shape index (κ1) is 21.1. The lowest BCUT2D eigenvalue weighted by Gasteiger charge is -2.08. The van der Waals surface area contributed by atoms with Crippen LogP contribution >= 0.6 is 11.3 Å². The van der Waals surface area contributed by atoms with Gasteiger partial charge < -0.3 is 18.8 Å². The van der Waals surface area contributed by atoms with E-state index in [-0.39, 0.29) is 5.91 Å². The fraction of sp³-hybridized carbons (Fsp3) is 0.250. The third kappa shape index (κ3) is 4.33. The van der Waals surface area contributed by atoms with Gasteiger partial charge in [-0.2, -0.15) is 4.99 Å². The number of carbonyl (C=O) groups is 1. The second-order valence-electron chi connectivity index (χ2n) is 6.88. The van der Waals surface area contributed by atoms with E-state index in [9.17, 15) is 4.79 Å². The number of benzene rings is 3. The molecule has 0 bridgehead atoms. The van der Waals surface area contributed by atoms with Gasteiger partial charge in [0.05, 0.1) is 36.6 Å². The lowest BCUT2D eigenvalue weighted by atomic mass is 10.1. The van der Waals surface area contributed by atoms with Crippen LogP contribution in [-0.4, -0.2) is 37.9 Å². The van der Waals surface area contributed by atoms with Crippen LogP contribution < -0.4 is 14.3 Å². The van der Waals surface area contributed by atoms with E-state index >= 15 is 0 Å². The van der Waals surface area contributed by atoms with Gasteiger partial charge in [-0.25, -0.2) is 0 Å². The van der Waals surface area contributed by atoms with Gasteiger partial charge in [0.25, 0.3) is 5.91 Å². The van der Waals surface area contributed by atoms with Crippen molar-refractivity contribution in [2.24, 2.45) is 4.99 Å². The van der Waals surface area contributed by atoms with E-state index < -0.39 is 0 Å². The summed E-state index contributed by atoms with van der Waals surface area (Å²) in [5.41, 5.74) is 1.43. The zero-order valence-corrected chi connectivity index (χ0v) is 18.6. The summed E-state index contributed by atoms with van der Waals surface area (Å²) in [6, 6.07) is 17.4. The molecule has 31 heavy (non-hydrogen) atoms. The Morgan fingerprint density at radius 2 is 1.81 bits per heavy atom. The van der Waals surface area contributed by atoms with E-state index in [1.807, 2.05) is 66.1 Å². The maximum atomic E-state index is 13.2. The number of amides is 1. The van der Waals surface area contributed by atoms with Gasteiger partial charge in [-0.3, -0.25) is 4.79 Å². The van der Waals surface area contributed by atoms with Crippen LogP contribution in [0.3, 0.4) is 0 Å². The van der Waals surface area contributed by atoms with E-state index in [4.69, 9.17) is 14.2 Å². The molecule has 4 rings (SSSR count). The number of fused-ring (bicyclic) bond motifs is 2. The second-order valence-corrected chi connectivity index (χ2v) is 7.89. The average Bonchev–Trinajstić information content (AvgIpc) is 3.14. The Labute approximate surface area is 184 Å². The molecule has 0 aliphatic rings. The summed E-state index contributed by atoms with van der Waals surface area (Å²) in [6.07, 6.45) is 0. The van der Waals surface area contributed by atoms with Crippen LogP contribution in [0.4, 0.5) is 0 Å². The average molecular weight is 437 g/mol. The molecule has 0 saturated heterocycles. The van der Waals surface area contributed by atoms with Crippen LogP contribution in [0.25, 0.3) is 21.0 Å². The zero-order chi connectivity index (χ0) is 21.8. The number of hydrogen-bond acceptors (Lipinski definition) is 5. The quantitative estimate of drug-likeness (QED) is 0.396. The van der Waals surface area contributed by atoms with Crippen molar-refractivity contribution in [1.29, 1.82) is 0 Å². The van der Waals surface area contributed by atoms with Gasteiger partial charge in [0, 0.05) is 13.2 Å². The highest BCUT2D eigenvalue weighted by molar-refractivity contribution is 7.16. The fourth-order valence-corrected chi connectivity index (χ4v) is 4.57. The SMILES string of the molecule is CCOCCn1c(=NC(=O)c2cc3ccccc3cc2OC)sc2cc(OC)ccc21. The number of ether oxygens (including phenoxy) is 3. The van der Waals surface area contributed by atoms with Crippen molar-refractivity contribution in [3.05, 3.63) is 65.0 Å². The van der Waals surface area contributed by atoms with Crippen LogP contribution in [0.2, 0.25) is 0 Å². The second kappa shape index (κ2) is 9.32. The molecule has 0 saturated carbocycles. The summed E-state index contributed by atoms with van der Waals surface area (Å²) < 4.78 is 19.4. The van der Waals surface area contributed by atoms with E-state index in [1.54, 1.807) is 14.2 Å². The Morgan fingerprint density at radius 1 is 1.03 bits per heavy atom. The van der Waals surface area contributed by atoms with Crippen molar-refractivity contribution in [3.63, 3.8) is 0 Å². The number of hydrogen-bond donors (Lipinski definition) is 0. The topological polar surface area (TPSA) is 62.1 Å². The molecular formula is C24H24N2O4S. The smallest absolute Gasteiger partial charge is 0.283 e. The van der Waals surface area contributed by atoms with Crippen LogP contribution in [0.15, 0.2) is 59.6 Å². The number of rotatable bonds is 7. The zero-order valence-electron chi connectivity index (χ0n) is 17.8. The van der Waals surface area contributed by atoms with Gasteiger partial charge in [0.1, 0.15) is 11.5 Å². The molecule has 0 N–H and O–H groups in total.